The van der Waals surface area contributed by atoms with Gasteiger partial charge < -0.3 is 25.0 Å². The number of ether oxygens (including phenoxy) is 2. The average molecular weight is 554 g/mol. The molecule has 2 rings (SSSR count). The van der Waals surface area contributed by atoms with Gasteiger partial charge in [0.15, 0.2) is 0 Å². The topological polar surface area (TPSA) is 114 Å². The smallest absolute Gasteiger partial charge is 0.408 e. The molecule has 218 valence electrons. The van der Waals surface area contributed by atoms with Gasteiger partial charge in [-0.3, -0.25) is 14.4 Å². The Labute approximate surface area is 237 Å². The number of aryl methyl sites for hydroxylation is 2. The summed E-state index contributed by atoms with van der Waals surface area (Å²) in [6.07, 6.45) is -0.505. The maximum absolute atomic E-state index is 14.1. The van der Waals surface area contributed by atoms with Crippen LogP contribution in [0.25, 0.3) is 0 Å². The van der Waals surface area contributed by atoms with Crippen LogP contribution in [0.15, 0.2) is 48.5 Å². The number of benzene rings is 2. The van der Waals surface area contributed by atoms with Crippen LogP contribution in [0.5, 0.6) is 0 Å². The van der Waals surface area contributed by atoms with Crippen LogP contribution >= 0.6 is 0 Å². The second-order valence-corrected chi connectivity index (χ2v) is 10.7. The Morgan fingerprint density at radius 1 is 0.950 bits per heavy atom. The molecular weight excluding hydrogens is 510 g/mol. The lowest BCUT2D eigenvalue weighted by Gasteiger charge is -2.34. The molecular formula is C31H43N3O6. The molecule has 0 aliphatic rings. The fourth-order valence-electron chi connectivity index (χ4n) is 4.42. The fourth-order valence-corrected chi connectivity index (χ4v) is 4.42. The van der Waals surface area contributed by atoms with Gasteiger partial charge in [0.25, 0.3) is 0 Å². The summed E-state index contributed by atoms with van der Waals surface area (Å²) in [6.45, 7) is 13.1. The van der Waals surface area contributed by atoms with Gasteiger partial charge in [-0.1, -0.05) is 59.7 Å². The molecule has 2 aromatic rings. The number of alkyl carbamates (subject to hydrolysis) is 1. The molecule has 0 bridgehead atoms. The highest BCUT2D eigenvalue weighted by Crippen LogP contribution is 2.25. The number of carbonyl (C=O) groups excluding carboxylic acids is 4. The monoisotopic (exact) mass is 553 g/mol. The summed E-state index contributed by atoms with van der Waals surface area (Å²) in [5.41, 5.74) is 2.60. The second kappa shape index (κ2) is 15.1. The predicted molar refractivity (Wildman–Crippen MR) is 154 cm³/mol. The Morgan fingerprint density at radius 2 is 1.57 bits per heavy atom. The Balaban J connectivity index is 2.44. The number of hydrogen-bond donors (Lipinski definition) is 2. The van der Waals surface area contributed by atoms with Crippen molar-refractivity contribution in [2.45, 2.75) is 79.0 Å². The van der Waals surface area contributed by atoms with Gasteiger partial charge >= 0.3 is 12.1 Å². The molecule has 0 saturated heterocycles. The Morgan fingerprint density at radius 3 is 2.12 bits per heavy atom. The van der Waals surface area contributed by atoms with Crippen molar-refractivity contribution in [2.24, 2.45) is 0 Å². The highest BCUT2D eigenvalue weighted by molar-refractivity contribution is 5.92. The molecule has 2 unspecified atom stereocenters. The van der Waals surface area contributed by atoms with E-state index >= 15 is 0 Å². The number of carbonyl (C=O) groups is 4. The quantitative estimate of drug-likeness (QED) is 0.377. The molecule has 0 radical (unpaired) electrons. The van der Waals surface area contributed by atoms with Gasteiger partial charge in [-0.15, -0.1) is 0 Å². The zero-order valence-corrected chi connectivity index (χ0v) is 24.7. The van der Waals surface area contributed by atoms with Crippen molar-refractivity contribution >= 4 is 23.9 Å². The molecule has 0 aliphatic carbocycles. The summed E-state index contributed by atoms with van der Waals surface area (Å²) in [6, 6.07) is 13.1. The van der Waals surface area contributed by atoms with Gasteiger partial charge in [0.05, 0.1) is 13.0 Å². The van der Waals surface area contributed by atoms with E-state index in [2.05, 4.69) is 10.6 Å². The number of likely N-dealkylation sites (N-methyl/N-ethyl adjacent to an activating group) is 1. The summed E-state index contributed by atoms with van der Waals surface area (Å²) >= 11 is 0. The van der Waals surface area contributed by atoms with Crippen LogP contribution < -0.4 is 10.6 Å². The molecule has 40 heavy (non-hydrogen) atoms. The molecule has 0 heterocycles. The van der Waals surface area contributed by atoms with Crippen LogP contribution in [0, 0.1) is 13.8 Å². The lowest BCUT2D eigenvalue weighted by molar-refractivity contribution is -0.144. The Hall–Kier alpha value is -3.88. The highest BCUT2D eigenvalue weighted by Gasteiger charge is 2.35. The molecule has 0 aliphatic heterocycles. The first-order valence-corrected chi connectivity index (χ1v) is 13.7. The molecule has 9 heteroatoms. The van der Waals surface area contributed by atoms with E-state index in [1.54, 1.807) is 34.6 Å². The fraction of sp³-hybridized carbons (Fsp3) is 0.484. The maximum Gasteiger partial charge on any atom is 0.408 e. The van der Waals surface area contributed by atoms with E-state index in [4.69, 9.17) is 9.47 Å². The number of nitrogens with zero attached hydrogens (tertiary/aromatic N) is 1. The van der Waals surface area contributed by atoms with E-state index in [-0.39, 0.29) is 32.5 Å². The summed E-state index contributed by atoms with van der Waals surface area (Å²) in [4.78, 5) is 53.8. The number of nitrogens with one attached hydrogen (secondary N) is 2. The van der Waals surface area contributed by atoms with Gasteiger partial charge in [0, 0.05) is 19.5 Å². The Bertz CT molecular complexity index is 1140. The largest absolute Gasteiger partial charge is 0.466 e. The van der Waals surface area contributed by atoms with E-state index < -0.39 is 41.6 Å². The first-order valence-electron chi connectivity index (χ1n) is 13.7. The van der Waals surface area contributed by atoms with E-state index in [1.165, 1.54) is 4.90 Å². The number of hydrogen-bond acceptors (Lipinski definition) is 6. The molecule has 0 aromatic heterocycles. The second-order valence-electron chi connectivity index (χ2n) is 10.7. The van der Waals surface area contributed by atoms with E-state index in [9.17, 15) is 19.2 Å². The molecule has 9 nitrogen and oxygen atoms in total. The van der Waals surface area contributed by atoms with Crippen LogP contribution in [0.1, 0.15) is 69.3 Å². The summed E-state index contributed by atoms with van der Waals surface area (Å²) in [5, 5.41) is 5.53. The van der Waals surface area contributed by atoms with E-state index in [1.807, 2.05) is 62.4 Å². The Kier molecular flexibility index (Phi) is 12.2. The highest BCUT2D eigenvalue weighted by atomic mass is 16.6. The zero-order chi connectivity index (χ0) is 29.9. The minimum atomic E-state index is -0.989. The van der Waals surface area contributed by atoms with Gasteiger partial charge in [0.2, 0.25) is 11.8 Å². The van der Waals surface area contributed by atoms with E-state index in [0.29, 0.717) is 5.56 Å². The average Bonchev–Trinajstić information content (AvgIpc) is 2.85. The predicted octanol–water partition coefficient (Wildman–Crippen LogP) is 4.40. The van der Waals surface area contributed by atoms with Crippen LogP contribution in [0.2, 0.25) is 0 Å². The number of rotatable bonds is 12. The van der Waals surface area contributed by atoms with Crippen molar-refractivity contribution in [1.29, 1.82) is 0 Å². The molecule has 3 amide bonds. The maximum atomic E-state index is 14.1. The first kappa shape index (κ1) is 32.3. The van der Waals surface area contributed by atoms with Crippen LogP contribution in [0.3, 0.4) is 0 Å². The van der Waals surface area contributed by atoms with Crippen molar-refractivity contribution in [3.8, 4) is 0 Å². The third-order valence-corrected chi connectivity index (χ3v) is 5.95. The minimum absolute atomic E-state index is 0.00997. The summed E-state index contributed by atoms with van der Waals surface area (Å²) < 4.78 is 10.4. The molecule has 2 N–H and O–H groups in total. The molecule has 2 atom stereocenters. The summed E-state index contributed by atoms with van der Waals surface area (Å²) in [7, 11) is 0. The first-order chi connectivity index (χ1) is 18.8. The van der Waals surface area contributed by atoms with Crippen LogP contribution in [0.4, 0.5) is 4.79 Å². The van der Waals surface area contributed by atoms with Gasteiger partial charge in [0.1, 0.15) is 17.7 Å². The van der Waals surface area contributed by atoms with Crippen molar-refractivity contribution in [2.75, 3.05) is 19.7 Å². The molecule has 2 aromatic carbocycles. The molecule has 0 spiro atoms. The number of esters is 1. The third-order valence-electron chi connectivity index (χ3n) is 5.95. The van der Waals surface area contributed by atoms with Crippen molar-refractivity contribution < 1.29 is 28.7 Å². The third kappa shape index (κ3) is 10.4. The van der Waals surface area contributed by atoms with Gasteiger partial charge in [-0.25, -0.2) is 4.79 Å². The lowest BCUT2D eigenvalue weighted by atomic mass is 9.97. The molecule has 0 fully saturated rings. The summed E-state index contributed by atoms with van der Waals surface area (Å²) in [5.74, 6) is -1.28. The van der Waals surface area contributed by atoms with Crippen LogP contribution in [-0.2, 0) is 30.3 Å². The van der Waals surface area contributed by atoms with Crippen molar-refractivity contribution in [3.63, 3.8) is 0 Å². The normalized spacial score (nSPS) is 12.6. The minimum Gasteiger partial charge on any atom is -0.466 e. The number of amides is 3. The van der Waals surface area contributed by atoms with Gasteiger partial charge in [-0.2, -0.15) is 0 Å². The SMILES string of the molecule is CCOC(=O)CCNC(=O)C(c1cc(C)cc(C)c1)N(CC)C(=O)C(Cc1ccccc1)NC(=O)OC(C)(C)C. The molecule has 0 saturated carbocycles. The van der Waals surface area contributed by atoms with Crippen LogP contribution in [-0.4, -0.2) is 60.1 Å². The zero-order valence-electron chi connectivity index (χ0n) is 24.7. The standard InChI is InChI=1S/C31H43N3O6/c1-8-34(29(37)25(20-23-13-11-10-12-14-23)33-30(38)40-31(5,6)7)27(24-18-21(3)17-22(4)19-24)28(36)32-16-15-26(35)39-9-2/h10-14,17-19,25,27H,8-9,15-16,20H2,1-7H3,(H,32,36)(H,33,38). The van der Waals surface area contributed by atoms with Crippen molar-refractivity contribution in [3.05, 3.63) is 70.8 Å². The van der Waals surface area contributed by atoms with E-state index in [0.717, 1.165) is 16.7 Å². The lowest BCUT2D eigenvalue weighted by Crippen LogP contribution is -2.53. The van der Waals surface area contributed by atoms with Gasteiger partial charge in [-0.05, 0) is 59.6 Å². The van der Waals surface area contributed by atoms with Crippen molar-refractivity contribution in [1.82, 2.24) is 15.5 Å².